The van der Waals surface area contributed by atoms with Crippen LogP contribution in [0, 0.1) is 6.92 Å². The minimum Gasteiger partial charge on any atom is -0.496 e. The van der Waals surface area contributed by atoms with Gasteiger partial charge in [-0.2, -0.15) is 0 Å². The zero-order valence-corrected chi connectivity index (χ0v) is 16.5. The first-order valence-electron chi connectivity index (χ1n) is 8.93. The van der Waals surface area contributed by atoms with Crippen LogP contribution in [0.2, 0.25) is 0 Å². The van der Waals surface area contributed by atoms with Crippen LogP contribution < -0.4 is 4.74 Å². The second kappa shape index (κ2) is 7.52. The lowest BCUT2D eigenvalue weighted by Gasteiger charge is -2.14. The molecule has 4 rings (SSSR count). The number of carbonyl (C=O) groups is 2. The number of carbonyl (C=O) groups excluding carboxylic acids is 2. The summed E-state index contributed by atoms with van der Waals surface area (Å²) in [6.07, 6.45) is 1.75. The molecule has 0 radical (unpaired) electrons. The molecule has 1 fully saturated rings. The number of hydrogen-bond donors (Lipinski definition) is 0. The van der Waals surface area contributed by atoms with Gasteiger partial charge >= 0.3 is 0 Å². The van der Waals surface area contributed by atoms with Gasteiger partial charge in [-0.1, -0.05) is 54.6 Å². The highest BCUT2D eigenvalue weighted by atomic mass is 32.2. The molecule has 0 N–H and O–H groups in total. The molecule has 1 aliphatic rings. The molecule has 0 aliphatic carbocycles. The van der Waals surface area contributed by atoms with E-state index in [2.05, 4.69) is 0 Å². The summed E-state index contributed by atoms with van der Waals surface area (Å²) in [5.41, 5.74) is 2.81. The number of imide groups is 1. The van der Waals surface area contributed by atoms with Crippen LogP contribution in [0.15, 0.2) is 65.6 Å². The molecule has 0 unspecified atom stereocenters. The highest BCUT2D eigenvalue weighted by molar-refractivity contribution is 8.18. The van der Waals surface area contributed by atoms with Crippen LogP contribution in [0.3, 0.4) is 0 Å². The van der Waals surface area contributed by atoms with E-state index in [1.807, 2.05) is 67.6 Å². The predicted octanol–water partition coefficient (Wildman–Crippen LogP) is 5.39. The van der Waals surface area contributed by atoms with Gasteiger partial charge in [-0.3, -0.25) is 14.5 Å². The Hall–Kier alpha value is -3.05. The maximum Gasteiger partial charge on any atom is 0.293 e. The van der Waals surface area contributed by atoms with Gasteiger partial charge in [-0.25, -0.2) is 0 Å². The Bertz CT molecular complexity index is 1110. The zero-order chi connectivity index (χ0) is 19.7. The highest BCUT2D eigenvalue weighted by Crippen LogP contribution is 2.34. The Labute approximate surface area is 167 Å². The van der Waals surface area contributed by atoms with Crippen LogP contribution in [0.5, 0.6) is 5.75 Å². The van der Waals surface area contributed by atoms with Crippen LogP contribution in [-0.2, 0) is 11.3 Å². The van der Waals surface area contributed by atoms with Crippen molar-refractivity contribution in [2.45, 2.75) is 13.5 Å². The summed E-state index contributed by atoms with van der Waals surface area (Å²) in [5.74, 6) is 0.492. The Balaban J connectivity index is 1.62. The third-order valence-corrected chi connectivity index (χ3v) is 5.72. The molecular formula is C23H19NO3S. The molecule has 5 heteroatoms. The summed E-state index contributed by atoms with van der Waals surface area (Å²) in [5, 5.41) is 1.90. The quantitative estimate of drug-likeness (QED) is 0.561. The third-order valence-electron chi connectivity index (χ3n) is 4.81. The number of benzene rings is 3. The fraction of sp³-hybridized carbons (Fsp3) is 0.130. The summed E-state index contributed by atoms with van der Waals surface area (Å²) in [4.78, 5) is 27.1. The average molecular weight is 389 g/mol. The summed E-state index contributed by atoms with van der Waals surface area (Å²) in [6.45, 7) is 2.22. The van der Waals surface area contributed by atoms with Crippen LogP contribution in [0.1, 0.15) is 16.7 Å². The maximum absolute atomic E-state index is 12.9. The molecule has 140 valence electrons. The molecule has 1 saturated heterocycles. The van der Waals surface area contributed by atoms with Gasteiger partial charge in [-0.05, 0) is 58.3 Å². The topological polar surface area (TPSA) is 46.6 Å². The molecule has 0 saturated carbocycles. The molecule has 1 heterocycles. The number of aryl methyl sites for hydroxylation is 1. The summed E-state index contributed by atoms with van der Waals surface area (Å²) < 4.78 is 5.34. The number of nitrogens with zero attached hydrogens (tertiary/aromatic N) is 1. The largest absolute Gasteiger partial charge is 0.496 e. The first kappa shape index (κ1) is 18.3. The van der Waals surface area contributed by atoms with Gasteiger partial charge in [0.25, 0.3) is 11.1 Å². The molecule has 3 aromatic carbocycles. The van der Waals surface area contributed by atoms with E-state index in [1.165, 1.54) is 4.90 Å². The normalized spacial score (nSPS) is 15.6. The minimum absolute atomic E-state index is 0.247. The van der Waals surface area contributed by atoms with E-state index in [-0.39, 0.29) is 17.7 Å². The highest BCUT2D eigenvalue weighted by Gasteiger charge is 2.35. The third kappa shape index (κ3) is 3.41. The predicted molar refractivity (Wildman–Crippen MR) is 113 cm³/mol. The van der Waals surface area contributed by atoms with Gasteiger partial charge < -0.3 is 4.74 Å². The summed E-state index contributed by atoms with van der Waals surface area (Å²) in [6, 6.07) is 19.6. The van der Waals surface area contributed by atoms with Crippen molar-refractivity contribution in [2.24, 2.45) is 0 Å². The van der Waals surface area contributed by atoms with Crippen molar-refractivity contribution in [1.29, 1.82) is 0 Å². The summed E-state index contributed by atoms with van der Waals surface area (Å²) >= 11 is 0.977. The van der Waals surface area contributed by atoms with Crippen LogP contribution in [-0.4, -0.2) is 23.2 Å². The van der Waals surface area contributed by atoms with Crippen LogP contribution >= 0.6 is 11.8 Å². The molecule has 0 aromatic heterocycles. The van der Waals surface area contributed by atoms with Crippen molar-refractivity contribution in [2.75, 3.05) is 7.11 Å². The van der Waals surface area contributed by atoms with Gasteiger partial charge in [-0.15, -0.1) is 0 Å². The minimum atomic E-state index is -0.262. The SMILES string of the molecule is COc1cc(/C=C2\SC(=O)N(Cc3cccc4ccccc34)C2=O)ccc1C. The van der Waals surface area contributed by atoms with Gasteiger partial charge in [0.1, 0.15) is 5.75 Å². The van der Waals surface area contributed by atoms with E-state index in [9.17, 15) is 9.59 Å². The van der Waals surface area contributed by atoms with Gasteiger partial charge in [0.05, 0.1) is 18.6 Å². The van der Waals surface area contributed by atoms with Crippen molar-refractivity contribution < 1.29 is 14.3 Å². The molecule has 0 bridgehead atoms. The Morgan fingerprint density at radius 2 is 1.82 bits per heavy atom. The fourth-order valence-corrected chi connectivity index (χ4v) is 4.15. The van der Waals surface area contributed by atoms with E-state index in [4.69, 9.17) is 4.74 Å². The average Bonchev–Trinajstić information content (AvgIpc) is 2.97. The van der Waals surface area contributed by atoms with Gasteiger partial charge in [0.15, 0.2) is 0 Å². The molecule has 2 amide bonds. The number of methoxy groups -OCH3 is 1. The lowest BCUT2D eigenvalue weighted by atomic mass is 10.0. The van der Waals surface area contributed by atoms with Gasteiger partial charge in [0.2, 0.25) is 0 Å². The van der Waals surface area contributed by atoms with Crippen molar-refractivity contribution in [3.05, 3.63) is 82.3 Å². The first-order valence-corrected chi connectivity index (χ1v) is 9.75. The first-order chi connectivity index (χ1) is 13.6. The van der Waals surface area contributed by atoms with E-state index >= 15 is 0 Å². The smallest absolute Gasteiger partial charge is 0.293 e. The van der Waals surface area contributed by atoms with Crippen molar-refractivity contribution in [3.8, 4) is 5.75 Å². The number of amides is 2. The number of fused-ring (bicyclic) bond motifs is 1. The molecule has 3 aromatic rings. The zero-order valence-electron chi connectivity index (χ0n) is 15.6. The Morgan fingerprint density at radius 1 is 1.04 bits per heavy atom. The Morgan fingerprint density at radius 3 is 2.64 bits per heavy atom. The molecule has 1 aliphatic heterocycles. The van der Waals surface area contributed by atoms with Crippen molar-refractivity contribution in [1.82, 2.24) is 4.90 Å². The molecule has 0 atom stereocenters. The standard InChI is InChI=1S/C23H19NO3S/c1-15-10-11-16(12-20(15)27-2)13-21-22(25)24(23(26)28-21)14-18-8-5-7-17-6-3-4-9-19(17)18/h3-13H,14H2,1-2H3/b21-13-. The molecule has 28 heavy (non-hydrogen) atoms. The fourth-order valence-electron chi connectivity index (χ4n) is 3.31. The number of thioether (sulfide) groups is 1. The monoisotopic (exact) mass is 389 g/mol. The van der Waals surface area contributed by atoms with Crippen LogP contribution in [0.25, 0.3) is 16.8 Å². The van der Waals surface area contributed by atoms with E-state index in [0.717, 1.165) is 45.0 Å². The summed E-state index contributed by atoms with van der Waals surface area (Å²) in [7, 11) is 1.62. The van der Waals surface area contributed by atoms with Gasteiger partial charge in [0, 0.05) is 0 Å². The lowest BCUT2D eigenvalue weighted by molar-refractivity contribution is -0.123. The number of hydrogen-bond acceptors (Lipinski definition) is 4. The van der Waals surface area contributed by atoms with E-state index in [1.54, 1.807) is 13.2 Å². The Kier molecular flexibility index (Phi) is 4.92. The second-order valence-corrected chi connectivity index (χ2v) is 7.63. The number of ether oxygens (including phenoxy) is 1. The van der Waals surface area contributed by atoms with Crippen molar-refractivity contribution in [3.63, 3.8) is 0 Å². The maximum atomic E-state index is 12.9. The lowest BCUT2D eigenvalue weighted by Crippen LogP contribution is -2.27. The van der Waals surface area contributed by atoms with E-state index < -0.39 is 0 Å². The molecule has 0 spiro atoms. The van der Waals surface area contributed by atoms with E-state index in [0.29, 0.717) is 4.91 Å². The number of rotatable bonds is 4. The van der Waals surface area contributed by atoms with Crippen LogP contribution in [0.4, 0.5) is 4.79 Å². The molecule has 4 nitrogen and oxygen atoms in total. The second-order valence-electron chi connectivity index (χ2n) is 6.64. The molecular weight excluding hydrogens is 370 g/mol. The van der Waals surface area contributed by atoms with Crippen molar-refractivity contribution >= 4 is 39.8 Å².